The number of para-hydroxylation sites is 1. The molecule has 2 amide bonds. The first-order valence-corrected chi connectivity index (χ1v) is 12.9. The number of nitrogens with one attached hydrogen (secondary N) is 3. The summed E-state index contributed by atoms with van der Waals surface area (Å²) in [6, 6.07) is 10.00. The Kier molecular flexibility index (Phi) is 7.38. The van der Waals surface area contributed by atoms with E-state index in [1.165, 1.54) is 11.1 Å². The lowest BCUT2D eigenvalue weighted by atomic mass is 9.93. The number of halogens is 5. The number of ketones is 1. The third-order valence-corrected chi connectivity index (χ3v) is 7.59. The second-order valence-corrected chi connectivity index (χ2v) is 10.1. The lowest BCUT2D eigenvalue weighted by Gasteiger charge is -2.33. The molecule has 3 atom stereocenters. The Balaban J connectivity index is 1.40. The van der Waals surface area contributed by atoms with Gasteiger partial charge in [-0.05, 0) is 42.0 Å². The summed E-state index contributed by atoms with van der Waals surface area (Å²) in [5.41, 5.74) is 2.63. The number of aromatic nitrogens is 1. The number of rotatable bonds is 7. The van der Waals surface area contributed by atoms with E-state index in [1.54, 1.807) is 30.3 Å². The third kappa shape index (κ3) is 5.07. The van der Waals surface area contributed by atoms with Crippen LogP contribution in [0.15, 0.2) is 54.7 Å². The van der Waals surface area contributed by atoms with Crippen LogP contribution >= 0.6 is 0 Å². The molecule has 0 saturated carbocycles. The highest BCUT2D eigenvalue weighted by Gasteiger charge is 2.64. The first-order valence-electron chi connectivity index (χ1n) is 12.9. The zero-order chi connectivity index (χ0) is 28.7. The minimum atomic E-state index is -6.14. The highest BCUT2D eigenvalue weighted by Crippen LogP contribution is 2.38. The Hall–Kier alpha value is -3.80. The minimum Gasteiger partial charge on any atom is -0.361 e. The second kappa shape index (κ2) is 10.6. The average molecular weight is 563 g/mol. The van der Waals surface area contributed by atoms with Gasteiger partial charge in [-0.3, -0.25) is 14.4 Å². The number of H-pyrrole nitrogens is 1. The molecule has 2 unspecified atom stereocenters. The summed E-state index contributed by atoms with van der Waals surface area (Å²) in [6.45, 7) is 0.739. The van der Waals surface area contributed by atoms with Crippen molar-refractivity contribution in [3.05, 3.63) is 71.4 Å². The van der Waals surface area contributed by atoms with Gasteiger partial charge in [0.05, 0.1) is 6.04 Å². The molecule has 7 nitrogen and oxygen atoms in total. The maximum atomic E-state index is 14.2. The Labute approximate surface area is 226 Å². The van der Waals surface area contributed by atoms with Gasteiger partial charge in [-0.2, -0.15) is 22.0 Å². The highest BCUT2D eigenvalue weighted by atomic mass is 19.4. The van der Waals surface area contributed by atoms with Crippen LogP contribution in [0.5, 0.6) is 0 Å². The molecule has 5 rings (SSSR count). The SMILES string of the molecule is O=C(NC(Cc1c[nH]c2ccccc12)C(=O)C(F)(F)C(F)(F)F)C1CCCN1C(=O)[C@@H]1NCCc2ccccc21. The number of likely N-dealkylation sites (tertiary alicyclic amines) is 1. The molecule has 1 aromatic heterocycles. The molecule has 212 valence electrons. The van der Waals surface area contributed by atoms with Gasteiger partial charge in [0.25, 0.3) is 0 Å². The minimum absolute atomic E-state index is 0.176. The van der Waals surface area contributed by atoms with Crippen molar-refractivity contribution in [2.75, 3.05) is 13.1 Å². The van der Waals surface area contributed by atoms with E-state index in [4.69, 9.17) is 0 Å². The van der Waals surface area contributed by atoms with E-state index in [9.17, 15) is 36.3 Å². The van der Waals surface area contributed by atoms with E-state index in [0.717, 1.165) is 17.5 Å². The fourth-order valence-electron chi connectivity index (χ4n) is 5.55. The van der Waals surface area contributed by atoms with Crippen LogP contribution in [0.2, 0.25) is 0 Å². The van der Waals surface area contributed by atoms with Crippen LogP contribution in [0.1, 0.15) is 35.6 Å². The molecular formula is C28H27F5N4O3. The van der Waals surface area contributed by atoms with Gasteiger partial charge >= 0.3 is 12.1 Å². The molecule has 12 heteroatoms. The number of hydrogen-bond acceptors (Lipinski definition) is 4. The monoisotopic (exact) mass is 562 g/mol. The number of aromatic amines is 1. The van der Waals surface area contributed by atoms with E-state index in [1.807, 2.05) is 18.2 Å². The quantitative estimate of drug-likeness (QED) is 0.382. The number of fused-ring (bicyclic) bond motifs is 2. The number of carbonyl (C=O) groups is 3. The number of Topliss-reactive ketones (excluding diaryl/α,β-unsaturated/α-hetero) is 1. The number of amides is 2. The van der Waals surface area contributed by atoms with E-state index in [0.29, 0.717) is 23.9 Å². The van der Waals surface area contributed by atoms with Crippen molar-refractivity contribution < 1.29 is 36.3 Å². The van der Waals surface area contributed by atoms with Crippen molar-refractivity contribution in [2.45, 2.75) is 55.9 Å². The van der Waals surface area contributed by atoms with Crippen LogP contribution in [0.25, 0.3) is 10.9 Å². The Morgan fingerprint density at radius 1 is 1.02 bits per heavy atom. The van der Waals surface area contributed by atoms with Crippen molar-refractivity contribution in [1.29, 1.82) is 0 Å². The number of alkyl halides is 5. The summed E-state index contributed by atoms with van der Waals surface area (Å²) in [5.74, 6) is -9.49. The number of nitrogens with zero attached hydrogens (tertiary/aromatic N) is 1. The number of benzene rings is 2. The zero-order valence-electron chi connectivity index (χ0n) is 21.2. The van der Waals surface area contributed by atoms with Crippen LogP contribution in [0, 0.1) is 0 Å². The summed E-state index contributed by atoms with van der Waals surface area (Å²) in [4.78, 5) is 43.7. The lowest BCUT2D eigenvalue weighted by molar-refractivity contribution is -0.269. The molecule has 1 fully saturated rings. The molecular weight excluding hydrogens is 535 g/mol. The molecule has 2 aliphatic rings. The van der Waals surface area contributed by atoms with Crippen LogP contribution in [-0.2, 0) is 27.2 Å². The molecule has 0 aliphatic carbocycles. The first-order chi connectivity index (χ1) is 19.0. The van der Waals surface area contributed by atoms with Crippen LogP contribution in [-0.4, -0.2) is 64.8 Å². The standard InChI is InChI=1S/C28H27F5N4O3/c29-27(30,28(31,32)33)24(38)21(14-17-15-35-20-9-4-3-7-18(17)20)36-25(39)22-10-5-13-37(22)26(40)23-19-8-2-1-6-16(19)11-12-34-23/h1-4,6-9,15,21-23,34-35H,5,10-14H2,(H,36,39)/t21?,22?,23-/m1/s1. The average Bonchev–Trinajstić information content (AvgIpc) is 3.59. The number of carbonyl (C=O) groups excluding carboxylic acids is 3. The molecule has 1 saturated heterocycles. The predicted molar refractivity (Wildman–Crippen MR) is 136 cm³/mol. The first kappa shape index (κ1) is 27.8. The van der Waals surface area contributed by atoms with Gasteiger partial charge in [-0.25, -0.2) is 0 Å². The lowest BCUT2D eigenvalue weighted by Crippen LogP contribution is -2.58. The van der Waals surface area contributed by atoms with E-state index < -0.39 is 54.2 Å². The van der Waals surface area contributed by atoms with Crippen LogP contribution in [0.4, 0.5) is 22.0 Å². The summed E-state index contributed by atoms with van der Waals surface area (Å²) < 4.78 is 67.9. The summed E-state index contributed by atoms with van der Waals surface area (Å²) in [7, 11) is 0. The highest BCUT2D eigenvalue weighted by molar-refractivity contribution is 5.97. The van der Waals surface area contributed by atoms with Crippen molar-refractivity contribution in [3.8, 4) is 0 Å². The molecule has 3 N–H and O–H groups in total. The Morgan fingerprint density at radius 2 is 1.75 bits per heavy atom. The van der Waals surface area contributed by atoms with Gasteiger partial charge in [0.2, 0.25) is 17.6 Å². The van der Waals surface area contributed by atoms with E-state index in [2.05, 4.69) is 15.6 Å². The number of hydrogen-bond donors (Lipinski definition) is 3. The summed E-state index contributed by atoms with van der Waals surface area (Å²) in [5, 5.41) is 5.82. The van der Waals surface area contributed by atoms with Gasteiger partial charge in [0.1, 0.15) is 12.1 Å². The molecule has 0 spiro atoms. The molecule has 3 heterocycles. The van der Waals surface area contributed by atoms with Gasteiger partial charge in [0, 0.05) is 36.6 Å². The normalized spacial score (nSPS) is 20.3. The van der Waals surface area contributed by atoms with Crippen molar-refractivity contribution >= 4 is 28.5 Å². The zero-order valence-corrected chi connectivity index (χ0v) is 21.2. The Morgan fingerprint density at radius 3 is 2.52 bits per heavy atom. The van der Waals surface area contributed by atoms with Crippen molar-refractivity contribution in [1.82, 2.24) is 20.5 Å². The van der Waals surface area contributed by atoms with Crippen LogP contribution < -0.4 is 10.6 Å². The molecule has 3 aromatic rings. The topological polar surface area (TPSA) is 94.3 Å². The molecule has 2 aliphatic heterocycles. The van der Waals surface area contributed by atoms with Crippen LogP contribution in [0.3, 0.4) is 0 Å². The predicted octanol–water partition coefficient (Wildman–Crippen LogP) is 3.84. The molecule has 40 heavy (non-hydrogen) atoms. The maximum absolute atomic E-state index is 14.2. The third-order valence-electron chi connectivity index (χ3n) is 7.59. The summed E-state index contributed by atoms with van der Waals surface area (Å²) in [6.07, 6.45) is -4.01. The Bertz CT molecular complexity index is 1440. The summed E-state index contributed by atoms with van der Waals surface area (Å²) >= 11 is 0. The fraction of sp³-hybridized carbons (Fsp3) is 0.393. The van der Waals surface area contributed by atoms with Gasteiger partial charge < -0.3 is 20.5 Å². The van der Waals surface area contributed by atoms with Gasteiger partial charge in [-0.15, -0.1) is 0 Å². The fourth-order valence-corrected chi connectivity index (χ4v) is 5.55. The van der Waals surface area contributed by atoms with Gasteiger partial charge in [0.15, 0.2) is 0 Å². The van der Waals surface area contributed by atoms with Crippen molar-refractivity contribution in [2.24, 2.45) is 0 Å². The van der Waals surface area contributed by atoms with Gasteiger partial charge in [-0.1, -0.05) is 42.5 Å². The maximum Gasteiger partial charge on any atom is 0.461 e. The smallest absolute Gasteiger partial charge is 0.361 e. The van der Waals surface area contributed by atoms with E-state index >= 15 is 0 Å². The second-order valence-electron chi connectivity index (χ2n) is 10.1. The van der Waals surface area contributed by atoms with E-state index in [-0.39, 0.29) is 18.5 Å². The van der Waals surface area contributed by atoms with Crippen molar-refractivity contribution in [3.63, 3.8) is 0 Å². The molecule has 2 aromatic carbocycles. The largest absolute Gasteiger partial charge is 0.461 e. The molecule has 0 radical (unpaired) electrons. The molecule has 0 bridgehead atoms.